The number of rotatable bonds is 3. The van der Waals surface area contributed by atoms with E-state index < -0.39 is 11.9 Å². The van der Waals surface area contributed by atoms with Gasteiger partial charge in [0.25, 0.3) is 5.91 Å². The Labute approximate surface area is 167 Å². The van der Waals surface area contributed by atoms with E-state index in [4.69, 9.17) is 5.73 Å². The summed E-state index contributed by atoms with van der Waals surface area (Å²) in [6, 6.07) is 11.0. The van der Waals surface area contributed by atoms with Crippen molar-refractivity contribution in [1.82, 2.24) is 9.80 Å². The van der Waals surface area contributed by atoms with Crippen LogP contribution in [-0.4, -0.2) is 46.7 Å². The monoisotopic (exact) mass is 397 g/mol. The first-order chi connectivity index (χ1) is 13.5. The highest BCUT2D eigenvalue weighted by Crippen LogP contribution is 2.28. The van der Waals surface area contributed by atoms with Gasteiger partial charge in [0.15, 0.2) is 0 Å². The summed E-state index contributed by atoms with van der Waals surface area (Å²) in [5.41, 5.74) is 7.76. The van der Waals surface area contributed by atoms with Crippen molar-refractivity contribution < 1.29 is 14.4 Å². The van der Waals surface area contributed by atoms with Crippen molar-refractivity contribution in [3.63, 3.8) is 0 Å². The Hall–Kier alpha value is -2.67. The number of fused-ring (bicyclic) bond motifs is 1. The predicted octanol–water partition coefficient (Wildman–Crippen LogP) is 2.04. The quantitative estimate of drug-likeness (QED) is 0.860. The lowest BCUT2D eigenvalue weighted by molar-refractivity contribution is -0.145. The Balaban J connectivity index is 1.44. The molecule has 0 bridgehead atoms. The minimum absolute atomic E-state index is 0.0264. The van der Waals surface area contributed by atoms with Crippen molar-refractivity contribution in [2.45, 2.75) is 31.8 Å². The van der Waals surface area contributed by atoms with E-state index in [1.807, 2.05) is 46.7 Å². The number of nitrogens with zero attached hydrogens (tertiary/aromatic N) is 2. The molecule has 2 aliphatic heterocycles. The number of carbonyl (C=O) groups is 3. The predicted molar refractivity (Wildman–Crippen MR) is 107 cm³/mol. The van der Waals surface area contributed by atoms with Crippen molar-refractivity contribution in [2.24, 2.45) is 11.7 Å². The Morgan fingerprint density at radius 1 is 1.00 bits per heavy atom. The van der Waals surface area contributed by atoms with E-state index in [1.165, 1.54) is 11.3 Å². The molecule has 1 atom stereocenters. The van der Waals surface area contributed by atoms with E-state index in [2.05, 4.69) is 0 Å². The van der Waals surface area contributed by atoms with Crippen molar-refractivity contribution in [3.05, 3.63) is 57.8 Å². The van der Waals surface area contributed by atoms with E-state index in [9.17, 15) is 14.4 Å². The molecule has 2 aromatic rings. The van der Waals surface area contributed by atoms with Gasteiger partial charge in [0.2, 0.25) is 11.8 Å². The summed E-state index contributed by atoms with van der Waals surface area (Å²) in [6.45, 7) is 1.52. The Morgan fingerprint density at radius 3 is 2.36 bits per heavy atom. The van der Waals surface area contributed by atoms with Gasteiger partial charge in [0.1, 0.15) is 6.04 Å². The first-order valence-corrected chi connectivity index (χ1v) is 10.4. The smallest absolute Gasteiger partial charge is 0.263 e. The van der Waals surface area contributed by atoms with Crippen molar-refractivity contribution >= 4 is 29.1 Å². The summed E-state index contributed by atoms with van der Waals surface area (Å²) in [6.07, 6.45) is 1.69. The molecule has 2 aliphatic rings. The van der Waals surface area contributed by atoms with Crippen molar-refractivity contribution in [2.75, 3.05) is 13.1 Å². The molecule has 3 amide bonds. The maximum Gasteiger partial charge on any atom is 0.263 e. The lowest BCUT2D eigenvalue weighted by Crippen LogP contribution is -2.54. The molecule has 0 aliphatic carbocycles. The first kappa shape index (κ1) is 18.7. The highest BCUT2D eigenvalue weighted by atomic mass is 32.1. The standard InChI is InChI=1S/C21H23N3O3S/c22-19(25)17-12-15-4-1-2-5-16(15)13-24(17)20(26)14-7-9-23(10-8-14)21(27)18-6-3-11-28-18/h1-6,11,14,17H,7-10,12-13H2,(H2,22,25). The molecule has 1 aromatic carbocycles. The molecule has 0 spiro atoms. The summed E-state index contributed by atoms with van der Waals surface area (Å²) >= 11 is 1.43. The number of thiophene rings is 1. The van der Waals surface area contributed by atoms with E-state index in [1.54, 1.807) is 4.90 Å². The number of primary amides is 1. The third-order valence-electron chi connectivity index (χ3n) is 5.72. The van der Waals surface area contributed by atoms with Gasteiger partial charge in [-0.2, -0.15) is 0 Å². The van der Waals surface area contributed by atoms with Crippen LogP contribution in [0.1, 0.15) is 33.6 Å². The minimum atomic E-state index is -0.604. The molecule has 3 heterocycles. The van der Waals surface area contributed by atoms with Crippen LogP contribution in [0.3, 0.4) is 0 Å². The van der Waals surface area contributed by atoms with Gasteiger partial charge >= 0.3 is 0 Å². The van der Waals surface area contributed by atoms with Crippen LogP contribution in [0.2, 0.25) is 0 Å². The maximum atomic E-state index is 13.2. The molecule has 1 fully saturated rings. The van der Waals surface area contributed by atoms with Crippen molar-refractivity contribution in [3.8, 4) is 0 Å². The summed E-state index contributed by atoms with van der Waals surface area (Å²) in [5, 5.41) is 1.89. The number of amides is 3. The fraction of sp³-hybridized carbons (Fsp3) is 0.381. The zero-order chi connectivity index (χ0) is 19.7. The van der Waals surface area contributed by atoms with Gasteiger partial charge in [-0.1, -0.05) is 30.3 Å². The molecule has 28 heavy (non-hydrogen) atoms. The second-order valence-corrected chi connectivity index (χ2v) is 8.35. The summed E-state index contributed by atoms with van der Waals surface area (Å²) in [4.78, 5) is 41.9. The summed E-state index contributed by atoms with van der Waals surface area (Å²) in [7, 11) is 0. The number of likely N-dealkylation sites (tertiary alicyclic amines) is 1. The van der Waals surface area contributed by atoms with Crippen LogP contribution < -0.4 is 5.73 Å². The van der Waals surface area contributed by atoms with Crippen LogP contribution in [0.25, 0.3) is 0 Å². The largest absolute Gasteiger partial charge is 0.368 e. The van der Waals surface area contributed by atoms with E-state index in [-0.39, 0.29) is 17.7 Å². The maximum absolute atomic E-state index is 13.2. The molecule has 1 unspecified atom stereocenters. The highest BCUT2D eigenvalue weighted by molar-refractivity contribution is 7.12. The second-order valence-electron chi connectivity index (χ2n) is 7.40. The molecule has 146 valence electrons. The third-order valence-corrected chi connectivity index (χ3v) is 6.58. The van der Waals surface area contributed by atoms with E-state index >= 15 is 0 Å². The molecular formula is C21H23N3O3S. The van der Waals surface area contributed by atoms with E-state index in [0.29, 0.717) is 38.9 Å². The number of carbonyl (C=O) groups excluding carboxylic acids is 3. The van der Waals surface area contributed by atoms with Crippen molar-refractivity contribution in [1.29, 1.82) is 0 Å². The lowest BCUT2D eigenvalue weighted by atomic mass is 9.89. The summed E-state index contributed by atoms with van der Waals surface area (Å²) in [5.74, 6) is -0.642. The molecule has 6 nitrogen and oxygen atoms in total. The van der Waals surface area contributed by atoms with Crippen LogP contribution in [0.4, 0.5) is 0 Å². The van der Waals surface area contributed by atoms with Crippen LogP contribution in [0, 0.1) is 5.92 Å². The molecule has 1 saturated heterocycles. The van der Waals surface area contributed by atoms with Gasteiger partial charge in [-0.05, 0) is 35.4 Å². The molecule has 0 radical (unpaired) electrons. The average Bonchev–Trinajstić information content (AvgIpc) is 3.26. The lowest BCUT2D eigenvalue weighted by Gasteiger charge is -2.39. The molecular weight excluding hydrogens is 374 g/mol. The Morgan fingerprint density at radius 2 is 1.71 bits per heavy atom. The van der Waals surface area contributed by atoms with Gasteiger partial charge < -0.3 is 15.5 Å². The number of hydrogen-bond acceptors (Lipinski definition) is 4. The second kappa shape index (κ2) is 7.75. The fourth-order valence-electron chi connectivity index (χ4n) is 4.13. The topological polar surface area (TPSA) is 83.7 Å². The number of benzene rings is 1. The van der Waals surface area contributed by atoms with Gasteiger partial charge in [-0.3, -0.25) is 14.4 Å². The minimum Gasteiger partial charge on any atom is -0.368 e. The highest BCUT2D eigenvalue weighted by Gasteiger charge is 2.38. The van der Waals surface area contributed by atoms with Crippen LogP contribution in [-0.2, 0) is 22.6 Å². The van der Waals surface area contributed by atoms with Crippen LogP contribution in [0.5, 0.6) is 0 Å². The molecule has 0 saturated carbocycles. The molecule has 7 heteroatoms. The molecule has 4 rings (SSSR count). The SMILES string of the molecule is NC(=O)C1Cc2ccccc2CN1C(=O)C1CCN(C(=O)c2cccs2)CC1. The van der Waals surface area contributed by atoms with Crippen LogP contribution >= 0.6 is 11.3 Å². The zero-order valence-electron chi connectivity index (χ0n) is 15.5. The third kappa shape index (κ3) is 3.54. The van der Waals surface area contributed by atoms with E-state index in [0.717, 1.165) is 16.0 Å². The number of hydrogen-bond donors (Lipinski definition) is 1. The molecule has 2 N–H and O–H groups in total. The Bertz CT molecular complexity index is 888. The average molecular weight is 398 g/mol. The van der Waals surface area contributed by atoms with Gasteiger partial charge in [0, 0.05) is 32.0 Å². The van der Waals surface area contributed by atoms with Gasteiger partial charge in [-0.25, -0.2) is 0 Å². The molecule has 1 aromatic heterocycles. The number of piperidine rings is 1. The number of nitrogens with two attached hydrogens (primary N) is 1. The normalized spacial score (nSPS) is 19.9. The van der Waals surface area contributed by atoms with Crippen LogP contribution in [0.15, 0.2) is 41.8 Å². The summed E-state index contributed by atoms with van der Waals surface area (Å²) < 4.78 is 0. The Kier molecular flexibility index (Phi) is 5.17. The fourth-order valence-corrected chi connectivity index (χ4v) is 4.82. The van der Waals surface area contributed by atoms with Gasteiger partial charge in [0.05, 0.1) is 4.88 Å². The first-order valence-electron chi connectivity index (χ1n) is 9.54. The zero-order valence-corrected chi connectivity index (χ0v) is 16.4. The van der Waals surface area contributed by atoms with Gasteiger partial charge in [-0.15, -0.1) is 11.3 Å².